The van der Waals surface area contributed by atoms with E-state index in [-0.39, 0.29) is 11.9 Å². The molecule has 0 saturated carbocycles. The number of hydrogen-bond donors (Lipinski definition) is 2. The fourth-order valence-corrected chi connectivity index (χ4v) is 3.95. The van der Waals surface area contributed by atoms with Crippen LogP contribution in [-0.2, 0) is 4.79 Å². The summed E-state index contributed by atoms with van der Waals surface area (Å²) in [4.78, 5) is 16.2. The maximum Gasteiger partial charge on any atom is 0.282 e. The summed E-state index contributed by atoms with van der Waals surface area (Å²) < 4.78 is 5.46. The number of methoxy groups -OCH3 is 1. The minimum atomic E-state index is -0.164. The fourth-order valence-electron chi connectivity index (χ4n) is 3.42. The highest BCUT2D eigenvalue weighted by Crippen LogP contribution is 2.27. The molecule has 0 spiro atoms. The van der Waals surface area contributed by atoms with E-state index in [1.165, 1.54) is 4.90 Å². The molecule has 2 aromatic carbocycles. The van der Waals surface area contributed by atoms with E-state index in [0.29, 0.717) is 15.7 Å². The maximum atomic E-state index is 12.6. The van der Waals surface area contributed by atoms with Gasteiger partial charge in [-0.2, -0.15) is 0 Å². The van der Waals surface area contributed by atoms with Crippen LogP contribution in [0.1, 0.15) is 6.92 Å². The fraction of sp³-hybridized carbons (Fsp3) is 0.350. The van der Waals surface area contributed by atoms with Crippen LogP contribution in [0.25, 0.3) is 0 Å². The highest BCUT2D eigenvalue weighted by atomic mass is 35.5. The Morgan fingerprint density at radius 1 is 1.15 bits per heavy atom. The molecule has 27 heavy (non-hydrogen) atoms. The number of para-hydroxylation sites is 2. The molecule has 1 saturated heterocycles. The molecule has 3 rings (SSSR count). The number of quaternary nitrogens is 1. The van der Waals surface area contributed by atoms with Gasteiger partial charge in [0.1, 0.15) is 5.75 Å². The zero-order valence-electron chi connectivity index (χ0n) is 15.5. The van der Waals surface area contributed by atoms with E-state index in [0.717, 1.165) is 37.6 Å². The van der Waals surface area contributed by atoms with Crippen molar-refractivity contribution in [2.24, 2.45) is 0 Å². The van der Waals surface area contributed by atoms with Gasteiger partial charge in [-0.05, 0) is 37.3 Å². The number of ether oxygens (including phenoxy) is 1. The van der Waals surface area contributed by atoms with Gasteiger partial charge in [0.25, 0.3) is 5.91 Å². The molecule has 1 amide bonds. The van der Waals surface area contributed by atoms with Crippen molar-refractivity contribution in [3.63, 3.8) is 0 Å². The van der Waals surface area contributed by atoms with Crippen LogP contribution in [0.4, 0.5) is 11.4 Å². The van der Waals surface area contributed by atoms with Crippen molar-refractivity contribution in [2.45, 2.75) is 13.0 Å². The molecule has 0 aliphatic carbocycles. The van der Waals surface area contributed by atoms with E-state index in [4.69, 9.17) is 27.9 Å². The van der Waals surface area contributed by atoms with Gasteiger partial charge in [0, 0.05) is 15.7 Å². The Balaban J connectivity index is 1.59. The number of carbonyl (C=O) groups is 1. The third kappa shape index (κ3) is 4.86. The predicted octanol–water partition coefficient (Wildman–Crippen LogP) is 2.73. The molecule has 0 radical (unpaired) electrons. The van der Waals surface area contributed by atoms with E-state index >= 15 is 0 Å². The molecule has 1 atom stereocenters. The number of benzene rings is 2. The Kier molecular flexibility index (Phi) is 6.47. The van der Waals surface area contributed by atoms with Crippen molar-refractivity contribution in [2.75, 3.05) is 43.5 Å². The van der Waals surface area contributed by atoms with E-state index in [1.54, 1.807) is 25.3 Å². The van der Waals surface area contributed by atoms with Crippen molar-refractivity contribution < 1.29 is 14.4 Å². The smallest absolute Gasteiger partial charge is 0.282 e. The Morgan fingerprint density at radius 3 is 2.41 bits per heavy atom. The van der Waals surface area contributed by atoms with Gasteiger partial charge in [-0.15, -0.1) is 0 Å². The summed E-state index contributed by atoms with van der Waals surface area (Å²) in [6.45, 7) is 5.45. The van der Waals surface area contributed by atoms with Gasteiger partial charge in [-0.1, -0.05) is 35.3 Å². The van der Waals surface area contributed by atoms with Crippen LogP contribution < -0.4 is 19.9 Å². The first-order valence-corrected chi connectivity index (χ1v) is 9.73. The van der Waals surface area contributed by atoms with Crippen molar-refractivity contribution in [3.8, 4) is 5.75 Å². The first kappa shape index (κ1) is 19.8. The number of piperazine rings is 1. The minimum absolute atomic E-state index is 0.0333. The Bertz CT molecular complexity index is 787. The van der Waals surface area contributed by atoms with E-state index in [9.17, 15) is 4.79 Å². The second-order valence-electron chi connectivity index (χ2n) is 6.69. The van der Waals surface area contributed by atoms with Gasteiger partial charge in [-0.25, -0.2) is 0 Å². The predicted molar refractivity (Wildman–Crippen MR) is 110 cm³/mol. The molecule has 1 aliphatic rings. The van der Waals surface area contributed by atoms with Crippen LogP contribution in [-0.4, -0.2) is 45.2 Å². The Morgan fingerprint density at radius 2 is 1.78 bits per heavy atom. The van der Waals surface area contributed by atoms with Crippen molar-refractivity contribution in [3.05, 3.63) is 52.5 Å². The van der Waals surface area contributed by atoms with Crippen molar-refractivity contribution >= 4 is 40.5 Å². The first-order valence-electron chi connectivity index (χ1n) is 8.97. The molecule has 144 valence electrons. The Labute approximate surface area is 169 Å². The van der Waals surface area contributed by atoms with Gasteiger partial charge in [0.2, 0.25) is 0 Å². The van der Waals surface area contributed by atoms with Crippen LogP contribution in [0.15, 0.2) is 42.5 Å². The number of amides is 1. The molecule has 0 unspecified atom stereocenters. The summed E-state index contributed by atoms with van der Waals surface area (Å²) >= 11 is 12.0. The summed E-state index contributed by atoms with van der Waals surface area (Å²) in [6, 6.07) is 12.9. The van der Waals surface area contributed by atoms with E-state index in [1.807, 2.05) is 25.1 Å². The first-order chi connectivity index (χ1) is 13.0. The van der Waals surface area contributed by atoms with Crippen molar-refractivity contribution in [1.82, 2.24) is 0 Å². The average molecular weight is 409 g/mol. The molecule has 1 aliphatic heterocycles. The topological polar surface area (TPSA) is 46.0 Å². The molecule has 5 nitrogen and oxygen atoms in total. The van der Waals surface area contributed by atoms with Crippen LogP contribution in [0.2, 0.25) is 10.0 Å². The molecule has 0 bridgehead atoms. The minimum Gasteiger partial charge on any atom is -0.495 e. The summed E-state index contributed by atoms with van der Waals surface area (Å²) in [5.74, 6) is 0.846. The molecule has 7 heteroatoms. The number of nitrogens with one attached hydrogen (secondary N) is 2. The Hall–Kier alpha value is -1.95. The third-order valence-electron chi connectivity index (χ3n) is 4.97. The largest absolute Gasteiger partial charge is 0.495 e. The quantitative estimate of drug-likeness (QED) is 0.799. The normalized spacial score (nSPS) is 16.1. The van der Waals surface area contributed by atoms with Gasteiger partial charge in [0.15, 0.2) is 6.04 Å². The standard InChI is InChI=1S/C20H23Cl2N3O2/c1-14(20(26)23-17-12-15(21)11-16(22)13-17)24-7-9-25(10-8-24)18-5-3-4-6-19(18)27-2/h3-6,11-14H,7-10H2,1-2H3,(H,23,26)/p+1/t14-/m1/s1. The van der Waals surface area contributed by atoms with Gasteiger partial charge in [-0.3, -0.25) is 4.79 Å². The zero-order valence-corrected chi connectivity index (χ0v) is 17.0. The zero-order chi connectivity index (χ0) is 19.4. The number of halogens is 2. The lowest BCUT2D eigenvalue weighted by atomic mass is 10.2. The molecule has 2 aromatic rings. The SMILES string of the molecule is COc1ccccc1N1CC[NH+]([C@H](C)C(=O)Nc2cc(Cl)cc(Cl)c2)CC1. The summed E-state index contributed by atoms with van der Waals surface area (Å²) in [6.07, 6.45) is 0. The molecule has 1 fully saturated rings. The second kappa shape index (κ2) is 8.83. The lowest BCUT2D eigenvalue weighted by Gasteiger charge is -2.36. The monoisotopic (exact) mass is 408 g/mol. The number of carbonyl (C=O) groups excluding carboxylic acids is 1. The molecule has 1 heterocycles. The van der Waals surface area contributed by atoms with Crippen LogP contribution in [0, 0.1) is 0 Å². The lowest BCUT2D eigenvalue weighted by molar-refractivity contribution is -0.914. The summed E-state index contributed by atoms with van der Waals surface area (Å²) in [5, 5.41) is 3.93. The summed E-state index contributed by atoms with van der Waals surface area (Å²) in [5.41, 5.74) is 1.72. The second-order valence-corrected chi connectivity index (χ2v) is 7.56. The molecular weight excluding hydrogens is 385 g/mol. The molecule has 2 N–H and O–H groups in total. The van der Waals surface area contributed by atoms with Gasteiger partial charge < -0.3 is 19.9 Å². The lowest BCUT2D eigenvalue weighted by Crippen LogP contribution is -3.19. The summed E-state index contributed by atoms with van der Waals surface area (Å²) in [7, 11) is 1.69. The molecule has 0 aromatic heterocycles. The van der Waals surface area contributed by atoms with Crippen LogP contribution in [0.5, 0.6) is 5.75 Å². The van der Waals surface area contributed by atoms with Gasteiger partial charge >= 0.3 is 0 Å². The van der Waals surface area contributed by atoms with Gasteiger partial charge in [0.05, 0.1) is 39.0 Å². The van der Waals surface area contributed by atoms with Crippen molar-refractivity contribution in [1.29, 1.82) is 0 Å². The third-order valence-corrected chi connectivity index (χ3v) is 5.40. The number of nitrogens with zero attached hydrogens (tertiary/aromatic N) is 1. The number of rotatable bonds is 5. The maximum absolute atomic E-state index is 12.6. The van der Waals surface area contributed by atoms with E-state index in [2.05, 4.69) is 16.3 Å². The van der Waals surface area contributed by atoms with Crippen LogP contribution >= 0.6 is 23.2 Å². The van der Waals surface area contributed by atoms with Crippen LogP contribution in [0.3, 0.4) is 0 Å². The number of hydrogen-bond acceptors (Lipinski definition) is 3. The average Bonchev–Trinajstić information content (AvgIpc) is 2.66. The molecular formula is C20H24Cl2N3O2+. The number of anilines is 2. The van der Waals surface area contributed by atoms with E-state index < -0.39 is 0 Å². The highest BCUT2D eigenvalue weighted by molar-refractivity contribution is 6.35. The highest BCUT2D eigenvalue weighted by Gasteiger charge is 2.30.